The molecule has 0 spiro atoms. The number of pyridine rings is 1. The Labute approximate surface area is 142 Å². The van der Waals surface area contributed by atoms with Gasteiger partial charge in [0.25, 0.3) is 5.91 Å². The van der Waals surface area contributed by atoms with Gasteiger partial charge in [-0.2, -0.15) is 0 Å². The van der Waals surface area contributed by atoms with Crippen molar-refractivity contribution < 1.29 is 9.53 Å². The molecule has 2 atom stereocenters. The number of piperidine rings is 1. The second kappa shape index (κ2) is 7.45. The number of ether oxygens (including phenoxy) is 1. The van der Waals surface area contributed by atoms with Gasteiger partial charge in [0.15, 0.2) is 0 Å². The van der Waals surface area contributed by atoms with Crippen LogP contribution >= 0.6 is 0 Å². The van der Waals surface area contributed by atoms with Gasteiger partial charge < -0.3 is 15.4 Å². The molecule has 1 amide bonds. The highest BCUT2D eigenvalue weighted by Crippen LogP contribution is 2.24. The Morgan fingerprint density at radius 1 is 1.29 bits per heavy atom. The van der Waals surface area contributed by atoms with Gasteiger partial charge in [0.1, 0.15) is 11.5 Å². The molecule has 24 heavy (non-hydrogen) atoms. The molecular weight excluding hydrogens is 302 g/mol. The molecule has 0 bridgehead atoms. The highest BCUT2D eigenvalue weighted by atomic mass is 16.5. The first-order chi connectivity index (χ1) is 11.6. The topological polar surface area (TPSA) is 68.5 Å². The van der Waals surface area contributed by atoms with Crippen LogP contribution in [-0.4, -0.2) is 34.9 Å². The normalized spacial score (nSPS) is 18.9. The van der Waals surface area contributed by atoms with E-state index in [1.165, 1.54) is 0 Å². The molecule has 1 aliphatic rings. The third-order valence-corrected chi connectivity index (χ3v) is 4.46. The predicted molar refractivity (Wildman–Crippen MR) is 93.0 cm³/mol. The molecule has 1 fully saturated rings. The van der Waals surface area contributed by atoms with Crippen LogP contribution in [0.3, 0.4) is 0 Å². The number of carbonyl (C=O) groups excluding carboxylic acids is 1. The van der Waals surface area contributed by atoms with E-state index >= 15 is 0 Å². The number of likely N-dealkylation sites (tertiary alicyclic amines) is 1. The van der Waals surface area contributed by atoms with E-state index in [2.05, 4.69) is 4.98 Å². The standard InChI is InChI=1S/C19H23N3O2/c1-14(20)16-5-3-11-22(13-16)19(23)15-4-2-6-18(12-15)24-17-7-9-21-10-8-17/h2,4,6-10,12,14,16H,3,5,11,13,20H2,1H3/t14-,16-/m1/s1. The van der Waals surface area contributed by atoms with Gasteiger partial charge in [0, 0.05) is 37.1 Å². The lowest BCUT2D eigenvalue weighted by molar-refractivity contribution is 0.0660. The zero-order valence-corrected chi connectivity index (χ0v) is 13.9. The van der Waals surface area contributed by atoms with Crippen LogP contribution in [0.2, 0.25) is 0 Å². The molecule has 2 N–H and O–H groups in total. The number of amides is 1. The molecule has 1 saturated heterocycles. The maximum atomic E-state index is 12.8. The minimum Gasteiger partial charge on any atom is -0.457 e. The van der Waals surface area contributed by atoms with Gasteiger partial charge in [-0.1, -0.05) is 6.07 Å². The summed E-state index contributed by atoms with van der Waals surface area (Å²) in [5.74, 6) is 1.76. The van der Waals surface area contributed by atoms with E-state index in [1.807, 2.05) is 30.0 Å². The van der Waals surface area contributed by atoms with Crippen molar-refractivity contribution in [3.05, 3.63) is 54.4 Å². The SMILES string of the molecule is C[C@@H](N)[C@@H]1CCCN(C(=O)c2cccc(Oc3ccncc3)c2)C1. The van der Waals surface area contributed by atoms with Crippen molar-refractivity contribution in [1.29, 1.82) is 0 Å². The van der Waals surface area contributed by atoms with Crippen LogP contribution in [0.4, 0.5) is 0 Å². The fourth-order valence-electron chi connectivity index (χ4n) is 3.04. The van der Waals surface area contributed by atoms with Crippen molar-refractivity contribution in [3.8, 4) is 11.5 Å². The first-order valence-electron chi connectivity index (χ1n) is 8.36. The second-order valence-corrected chi connectivity index (χ2v) is 6.33. The van der Waals surface area contributed by atoms with E-state index in [0.29, 0.717) is 23.0 Å². The smallest absolute Gasteiger partial charge is 0.253 e. The number of carbonyl (C=O) groups is 1. The molecule has 3 rings (SSSR count). The molecule has 1 aromatic heterocycles. The minimum atomic E-state index is 0.0422. The van der Waals surface area contributed by atoms with Crippen LogP contribution < -0.4 is 10.5 Å². The zero-order valence-electron chi connectivity index (χ0n) is 13.9. The number of aromatic nitrogens is 1. The summed E-state index contributed by atoms with van der Waals surface area (Å²) in [6.07, 6.45) is 5.44. The molecule has 0 aliphatic carbocycles. The second-order valence-electron chi connectivity index (χ2n) is 6.33. The van der Waals surface area contributed by atoms with Crippen LogP contribution in [0.5, 0.6) is 11.5 Å². The third kappa shape index (κ3) is 3.92. The summed E-state index contributed by atoms with van der Waals surface area (Å²) in [6.45, 7) is 3.53. The van der Waals surface area contributed by atoms with Crippen LogP contribution in [0.15, 0.2) is 48.8 Å². The zero-order chi connectivity index (χ0) is 16.9. The average Bonchev–Trinajstić information content (AvgIpc) is 2.62. The summed E-state index contributed by atoms with van der Waals surface area (Å²) in [4.78, 5) is 18.7. The van der Waals surface area contributed by atoms with Crippen LogP contribution in [0, 0.1) is 5.92 Å². The van der Waals surface area contributed by atoms with E-state index in [4.69, 9.17) is 10.5 Å². The number of benzene rings is 1. The molecule has 2 heterocycles. The van der Waals surface area contributed by atoms with Gasteiger partial charge in [0.05, 0.1) is 0 Å². The van der Waals surface area contributed by atoms with Gasteiger partial charge in [-0.15, -0.1) is 0 Å². The van der Waals surface area contributed by atoms with Gasteiger partial charge >= 0.3 is 0 Å². The number of nitrogens with zero attached hydrogens (tertiary/aromatic N) is 2. The van der Waals surface area contributed by atoms with Gasteiger partial charge in [-0.3, -0.25) is 9.78 Å². The van der Waals surface area contributed by atoms with Crippen LogP contribution in [-0.2, 0) is 0 Å². The van der Waals surface area contributed by atoms with E-state index in [-0.39, 0.29) is 11.9 Å². The molecule has 5 nitrogen and oxygen atoms in total. The van der Waals surface area contributed by atoms with Crippen LogP contribution in [0.25, 0.3) is 0 Å². The Bertz CT molecular complexity index is 688. The van der Waals surface area contributed by atoms with Crippen LogP contribution in [0.1, 0.15) is 30.1 Å². The van der Waals surface area contributed by atoms with E-state index < -0.39 is 0 Å². The van der Waals surface area contributed by atoms with Crippen molar-refractivity contribution in [2.45, 2.75) is 25.8 Å². The fourth-order valence-corrected chi connectivity index (χ4v) is 3.04. The fraction of sp³-hybridized carbons (Fsp3) is 0.368. The highest BCUT2D eigenvalue weighted by molar-refractivity contribution is 5.94. The Morgan fingerprint density at radius 2 is 2.08 bits per heavy atom. The molecule has 0 saturated carbocycles. The number of rotatable bonds is 4. The maximum Gasteiger partial charge on any atom is 0.253 e. The Morgan fingerprint density at radius 3 is 2.83 bits per heavy atom. The van der Waals surface area contributed by atoms with Crippen molar-refractivity contribution in [3.63, 3.8) is 0 Å². The monoisotopic (exact) mass is 325 g/mol. The van der Waals surface area contributed by atoms with E-state index in [9.17, 15) is 4.79 Å². The molecule has 1 aromatic carbocycles. The Kier molecular flexibility index (Phi) is 5.11. The molecular formula is C19H23N3O2. The lowest BCUT2D eigenvalue weighted by Crippen LogP contribution is -2.45. The maximum absolute atomic E-state index is 12.8. The van der Waals surface area contributed by atoms with E-state index in [0.717, 1.165) is 25.9 Å². The largest absolute Gasteiger partial charge is 0.457 e. The average molecular weight is 325 g/mol. The summed E-state index contributed by atoms with van der Waals surface area (Å²) >= 11 is 0. The molecule has 2 aromatic rings. The first kappa shape index (κ1) is 16.5. The Hall–Kier alpha value is -2.40. The lowest BCUT2D eigenvalue weighted by Gasteiger charge is -2.34. The number of hydrogen-bond acceptors (Lipinski definition) is 4. The molecule has 5 heteroatoms. The minimum absolute atomic E-state index is 0.0422. The summed E-state index contributed by atoms with van der Waals surface area (Å²) in [5.41, 5.74) is 6.66. The third-order valence-electron chi connectivity index (χ3n) is 4.46. The van der Waals surface area contributed by atoms with Crippen molar-refractivity contribution in [2.24, 2.45) is 11.7 Å². The van der Waals surface area contributed by atoms with Gasteiger partial charge in [-0.05, 0) is 56.0 Å². The summed E-state index contributed by atoms with van der Waals surface area (Å²) in [7, 11) is 0. The number of hydrogen-bond donors (Lipinski definition) is 1. The number of nitrogens with two attached hydrogens (primary N) is 1. The quantitative estimate of drug-likeness (QED) is 0.938. The lowest BCUT2D eigenvalue weighted by atomic mass is 9.92. The highest BCUT2D eigenvalue weighted by Gasteiger charge is 2.26. The van der Waals surface area contributed by atoms with Gasteiger partial charge in [-0.25, -0.2) is 0 Å². The molecule has 0 unspecified atom stereocenters. The first-order valence-corrected chi connectivity index (χ1v) is 8.36. The van der Waals surface area contributed by atoms with Crippen molar-refractivity contribution in [2.75, 3.05) is 13.1 Å². The summed E-state index contributed by atoms with van der Waals surface area (Å²) in [6, 6.07) is 11.0. The van der Waals surface area contributed by atoms with Crippen molar-refractivity contribution in [1.82, 2.24) is 9.88 Å². The molecule has 126 valence electrons. The van der Waals surface area contributed by atoms with E-state index in [1.54, 1.807) is 30.6 Å². The Balaban J connectivity index is 1.72. The van der Waals surface area contributed by atoms with Gasteiger partial charge in [0.2, 0.25) is 0 Å². The predicted octanol–water partition coefficient (Wildman–Crippen LogP) is 3.07. The summed E-state index contributed by atoms with van der Waals surface area (Å²) in [5, 5.41) is 0. The molecule has 0 radical (unpaired) electrons. The molecule has 1 aliphatic heterocycles. The van der Waals surface area contributed by atoms with Crippen molar-refractivity contribution >= 4 is 5.91 Å². The summed E-state index contributed by atoms with van der Waals surface area (Å²) < 4.78 is 5.79.